The minimum Gasteiger partial charge on any atom is -1.00 e. The van der Waals surface area contributed by atoms with Crippen LogP contribution in [0.3, 0.4) is 0 Å². The van der Waals surface area contributed by atoms with Gasteiger partial charge in [-0.05, 0) is 16.7 Å². The highest BCUT2D eigenvalue weighted by atomic mass is 79.9. The summed E-state index contributed by atoms with van der Waals surface area (Å²) in [6.45, 7) is 4.63. The van der Waals surface area contributed by atoms with Gasteiger partial charge in [0.05, 0.1) is 26.2 Å². The van der Waals surface area contributed by atoms with E-state index in [2.05, 4.69) is 48.5 Å². The van der Waals surface area contributed by atoms with Gasteiger partial charge in [-0.3, -0.25) is 0 Å². The summed E-state index contributed by atoms with van der Waals surface area (Å²) in [6, 6.07) is 31.0. The lowest BCUT2D eigenvalue weighted by Crippen LogP contribution is -3.00. The van der Waals surface area contributed by atoms with E-state index in [-0.39, 0.29) is 22.4 Å². The van der Waals surface area contributed by atoms with Crippen molar-refractivity contribution < 1.29 is 31.3 Å². The number of quaternary nitrogens is 1. The van der Waals surface area contributed by atoms with E-state index in [1.165, 1.54) is 5.56 Å². The van der Waals surface area contributed by atoms with Crippen molar-refractivity contribution >= 4 is 0 Å². The third-order valence-electron chi connectivity index (χ3n) is 7.82. The third kappa shape index (κ3) is 4.06. The SMILES string of the molecule is OC(c1ccccc1)(c1ccccc1)C12CC[N+](COCc3ccccc3)(CC1)CC2.[Br-]. The summed E-state index contributed by atoms with van der Waals surface area (Å²) in [6.07, 6.45) is 3.05. The Bertz CT molecular complexity index is 930. The first-order valence-corrected chi connectivity index (χ1v) is 11.5. The molecule has 0 saturated carbocycles. The maximum atomic E-state index is 12.4. The van der Waals surface area contributed by atoms with Crippen LogP contribution in [0.15, 0.2) is 91.0 Å². The number of fused-ring (bicyclic) bond motifs is 3. The van der Waals surface area contributed by atoms with E-state index in [1.54, 1.807) is 0 Å². The summed E-state index contributed by atoms with van der Waals surface area (Å²) >= 11 is 0. The maximum absolute atomic E-state index is 12.4. The molecule has 0 unspecified atom stereocenters. The van der Waals surface area contributed by atoms with E-state index in [1.807, 2.05) is 42.5 Å². The van der Waals surface area contributed by atoms with Crippen LogP contribution in [0.5, 0.6) is 0 Å². The summed E-state index contributed by atoms with van der Waals surface area (Å²) in [5.74, 6) is 0. The lowest BCUT2D eigenvalue weighted by Gasteiger charge is -2.59. The quantitative estimate of drug-likeness (QED) is 0.510. The van der Waals surface area contributed by atoms with Gasteiger partial charge in [-0.25, -0.2) is 0 Å². The molecule has 0 amide bonds. The van der Waals surface area contributed by atoms with Crippen molar-refractivity contribution in [3.63, 3.8) is 0 Å². The van der Waals surface area contributed by atoms with Crippen LogP contribution in [0.2, 0.25) is 0 Å². The molecular weight excluding hydrogens is 462 g/mol. The first kappa shape index (κ1) is 23.2. The fourth-order valence-corrected chi connectivity index (χ4v) is 5.87. The molecular formula is C28H32BrNO2. The molecule has 6 rings (SSSR count). The monoisotopic (exact) mass is 493 g/mol. The number of hydrogen-bond donors (Lipinski definition) is 1. The Morgan fingerprint density at radius 2 is 1.16 bits per heavy atom. The highest BCUT2D eigenvalue weighted by molar-refractivity contribution is 5.39. The van der Waals surface area contributed by atoms with Crippen molar-refractivity contribution in [2.24, 2.45) is 5.41 Å². The van der Waals surface area contributed by atoms with Crippen molar-refractivity contribution in [2.45, 2.75) is 31.5 Å². The first-order valence-electron chi connectivity index (χ1n) is 11.5. The van der Waals surface area contributed by atoms with Crippen molar-refractivity contribution in [1.29, 1.82) is 0 Å². The second kappa shape index (κ2) is 9.48. The number of nitrogens with zero attached hydrogens (tertiary/aromatic N) is 1. The molecule has 3 fully saturated rings. The van der Waals surface area contributed by atoms with Gasteiger partial charge in [0.1, 0.15) is 5.60 Å². The molecule has 3 aliphatic rings. The van der Waals surface area contributed by atoms with Crippen molar-refractivity contribution in [3.05, 3.63) is 108 Å². The zero-order chi connectivity index (χ0) is 21.2. The topological polar surface area (TPSA) is 29.5 Å². The van der Waals surface area contributed by atoms with Crippen LogP contribution >= 0.6 is 0 Å². The van der Waals surface area contributed by atoms with E-state index >= 15 is 0 Å². The fourth-order valence-electron chi connectivity index (χ4n) is 5.87. The molecule has 3 nitrogen and oxygen atoms in total. The molecule has 3 saturated heterocycles. The van der Waals surface area contributed by atoms with E-state index < -0.39 is 5.60 Å². The second-order valence-corrected chi connectivity index (χ2v) is 9.45. The molecule has 0 radical (unpaired) electrons. The molecule has 3 aliphatic heterocycles. The molecule has 0 spiro atoms. The average Bonchev–Trinajstić information content (AvgIpc) is 2.86. The molecule has 2 bridgehead atoms. The molecule has 4 heteroatoms. The molecule has 1 N–H and O–H groups in total. The highest BCUT2D eigenvalue weighted by Crippen LogP contribution is 2.57. The summed E-state index contributed by atoms with van der Waals surface area (Å²) in [5, 5.41) is 12.4. The van der Waals surface area contributed by atoms with Crippen LogP contribution < -0.4 is 17.0 Å². The number of piperidine rings is 3. The third-order valence-corrected chi connectivity index (χ3v) is 7.82. The van der Waals surface area contributed by atoms with Crippen LogP contribution in [-0.4, -0.2) is 36.0 Å². The largest absolute Gasteiger partial charge is 1.00 e. The van der Waals surface area contributed by atoms with E-state index in [9.17, 15) is 5.11 Å². The fraction of sp³-hybridized carbons (Fsp3) is 0.357. The first-order chi connectivity index (χ1) is 15.2. The number of hydrogen-bond acceptors (Lipinski definition) is 2. The van der Waals surface area contributed by atoms with Crippen LogP contribution in [0.4, 0.5) is 0 Å². The summed E-state index contributed by atoms with van der Waals surface area (Å²) in [5.41, 5.74) is 2.17. The minimum atomic E-state index is -0.961. The van der Waals surface area contributed by atoms with Gasteiger partial charge >= 0.3 is 0 Å². The maximum Gasteiger partial charge on any atom is 0.183 e. The molecule has 0 aliphatic carbocycles. The van der Waals surface area contributed by atoms with Gasteiger partial charge < -0.3 is 31.3 Å². The van der Waals surface area contributed by atoms with Crippen LogP contribution in [0.25, 0.3) is 0 Å². The Hall–Kier alpha value is -1.98. The predicted molar refractivity (Wildman–Crippen MR) is 123 cm³/mol. The lowest BCUT2D eigenvalue weighted by atomic mass is 9.56. The van der Waals surface area contributed by atoms with Gasteiger partial charge in [-0.15, -0.1) is 0 Å². The van der Waals surface area contributed by atoms with Crippen LogP contribution in [-0.2, 0) is 16.9 Å². The number of benzene rings is 3. The average molecular weight is 494 g/mol. The van der Waals surface area contributed by atoms with Gasteiger partial charge in [0.15, 0.2) is 6.73 Å². The number of ether oxygens (including phenoxy) is 1. The Morgan fingerprint density at radius 1 is 0.719 bits per heavy atom. The Labute approximate surface area is 202 Å². The summed E-state index contributed by atoms with van der Waals surface area (Å²) < 4.78 is 7.20. The lowest BCUT2D eigenvalue weighted by molar-refractivity contribution is -0.963. The van der Waals surface area contributed by atoms with Gasteiger partial charge in [0, 0.05) is 24.7 Å². The standard InChI is InChI=1S/C28H32NO2.BrH/c30-28(25-12-6-2-7-13-25,26-14-8-3-9-15-26)27-16-19-29(20-17-27,21-18-27)23-31-22-24-10-4-1-5-11-24;/h1-15,30H,16-23H2;1H/q+1;/p-1. The van der Waals surface area contributed by atoms with Gasteiger partial charge in [0.25, 0.3) is 0 Å². The zero-order valence-corrected chi connectivity index (χ0v) is 20.1. The molecule has 168 valence electrons. The molecule has 3 aromatic rings. The second-order valence-electron chi connectivity index (χ2n) is 9.45. The van der Waals surface area contributed by atoms with Gasteiger partial charge in [-0.1, -0.05) is 91.0 Å². The predicted octanol–water partition coefficient (Wildman–Crippen LogP) is 2.10. The van der Waals surface area contributed by atoms with Crippen molar-refractivity contribution in [1.82, 2.24) is 0 Å². The van der Waals surface area contributed by atoms with Crippen LogP contribution in [0, 0.1) is 5.41 Å². The number of halogens is 1. The normalized spacial score (nSPS) is 24.7. The highest BCUT2D eigenvalue weighted by Gasteiger charge is 2.60. The van der Waals surface area contributed by atoms with E-state index in [4.69, 9.17) is 4.74 Å². The van der Waals surface area contributed by atoms with Crippen molar-refractivity contribution in [2.75, 3.05) is 26.4 Å². The molecule has 0 atom stereocenters. The molecule has 3 heterocycles. The van der Waals surface area contributed by atoms with E-state index in [0.29, 0.717) is 6.61 Å². The Morgan fingerprint density at radius 3 is 1.62 bits per heavy atom. The number of aliphatic hydroxyl groups is 1. The minimum absolute atomic E-state index is 0. The van der Waals surface area contributed by atoms with Crippen LogP contribution in [0.1, 0.15) is 36.0 Å². The number of rotatable bonds is 7. The molecule has 0 aromatic heterocycles. The zero-order valence-electron chi connectivity index (χ0n) is 18.5. The summed E-state index contributed by atoms with van der Waals surface area (Å²) in [4.78, 5) is 0. The summed E-state index contributed by atoms with van der Waals surface area (Å²) in [7, 11) is 0. The van der Waals surface area contributed by atoms with Gasteiger partial charge in [0.2, 0.25) is 0 Å². The van der Waals surface area contributed by atoms with Gasteiger partial charge in [-0.2, -0.15) is 0 Å². The van der Waals surface area contributed by atoms with E-state index in [0.717, 1.165) is 61.2 Å². The van der Waals surface area contributed by atoms with Crippen molar-refractivity contribution in [3.8, 4) is 0 Å². The Balaban J connectivity index is 0.00000245. The molecule has 3 aromatic carbocycles. The molecule has 32 heavy (non-hydrogen) atoms. The smallest absolute Gasteiger partial charge is 0.183 e. The Kier molecular flexibility index (Phi) is 6.87.